The molecule has 1 fully saturated rings. The van der Waals surface area contributed by atoms with Crippen LogP contribution in [0.3, 0.4) is 0 Å². The third-order valence-corrected chi connectivity index (χ3v) is 3.38. The Kier molecular flexibility index (Phi) is 6.98. The lowest BCUT2D eigenvalue weighted by molar-refractivity contribution is -0.123. The number of carbonyl (C=O) groups excluding carboxylic acids is 1. The van der Waals surface area contributed by atoms with Crippen molar-refractivity contribution in [3.05, 3.63) is 12.7 Å². The van der Waals surface area contributed by atoms with E-state index in [0.29, 0.717) is 25.7 Å². The molecule has 0 bridgehead atoms. The monoisotopic (exact) mass is 254 g/mol. The topological polar surface area (TPSA) is 52.6 Å². The maximum Gasteiger partial charge on any atom is 0.234 e. The van der Waals surface area contributed by atoms with Crippen molar-refractivity contribution < 1.29 is 9.90 Å². The Hall–Kier alpha value is -0.870. The zero-order chi connectivity index (χ0) is 13.4. The van der Waals surface area contributed by atoms with Gasteiger partial charge in [0.15, 0.2) is 0 Å². The van der Waals surface area contributed by atoms with Gasteiger partial charge in [-0.2, -0.15) is 0 Å². The number of carbonyl (C=O) groups is 1. The van der Waals surface area contributed by atoms with E-state index in [4.69, 9.17) is 0 Å². The van der Waals surface area contributed by atoms with Gasteiger partial charge in [0.1, 0.15) is 0 Å². The highest BCUT2D eigenvalue weighted by molar-refractivity contribution is 5.78. The predicted molar refractivity (Wildman–Crippen MR) is 73.3 cm³/mol. The van der Waals surface area contributed by atoms with Gasteiger partial charge in [0, 0.05) is 19.1 Å². The van der Waals surface area contributed by atoms with Crippen LogP contribution in [0.25, 0.3) is 0 Å². The third-order valence-electron chi connectivity index (χ3n) is 3.38. The van der Waals surface area contributed by atoms with Gasteiger partial charge < -0.3 is 10.4 Å². The van der Waals surface area contributed by atoms with Crippen LogP contribution < -0.4 is 5.32 Å². The van der Waals surface area contributed by atoms with Gasteiger partial charge in [-0.15, -0.1) is 6.58 Å². The second kappa shape index (κ2) is 8.27. The Bertz CT molecular complexity index is 261. The Balaban J connectivity index is 2.48. The van der Waals surface area contributed by atoms with Crippen LogP contribution in [-0.2, 0) is 4.79 Å². The van der Waals surface area contributed by atoms with Crippen molar-refractivity contribution in [3.63, 3.8) is 0 Å². The SMILES string of the molecule is C=CCNC(=O)CN(C[C@H](C)O)C1CCCCC1. The van der Waals surface area contributed by atoms with Crippen LogP contribution in [0.15, 0.2) is 12.7 Å². The molecule has 0 aromatic carbocycles. The number of aliphatic hydroxyl groups excluding tert-OH is 1. The van der Waals surface area contributed by atoms with Crippen LogP contribution >= 0.6 is 0 Å². The Morgan fingerprint density at radius 1 is 1.50 bits per heavy atom. The lowest BCUT2D eigenvalue weighted by Gasteiger charge is -2.34. The first-order valence-corrected chi connectivity index (χ1v) is 6.93. The summed E-state index contributed by atoms with van der Waals surface area (Å²) in [5, 5.41) is 12.3. The van der Waals surface area contributed by atoms with Gasteiger partial charge in [-0.25, -0.2) is 0 Å². The molecule has 104 valence electrons. The van der Waals surface area contributed by atoms with Crippen molar-refractivity contribution in [2.24, 2.45) is 0 Å². The summed E-state index contributed by atoms with van der Waals surface area (Å²) in [6, 6.07) is 0.447. The first-order chi connectivity index (χ1) is 8.63. The molecule has 1 saturated carbocycles. The van der Waals surface area contributed by atoms with Crippen molar-refractivity contribution >= 4 is 5.91 Å². The van der Waals surface area contributed by atoms with Gasteiger partial charge in [0.2, 0.25) is 5.91 Å². The molecule has 1 amide bonds. The van der Waals surface area contributed by atoms with E-state index in [1.54, 1.807) is 13.0 Å². The fraction of sp³-hybridized carbons (Fsp3) is 0.786. The number of hydrogen-bond acceptors (Lipinski definition) is 3. The molecule has 18 heavy (non-hydrogen) atoms. The number of hydrogen-bond donors (Lipinski definition) is 2. The van der Waals surface area contributed by atoms with E-state index in [-0.39, 0.29) is 12.0 Å². The van der Waals surface area contributed by atoms with Crippen LogP contribution in [0.1, 0.15) is 39.0 Å². The molecule has 1 aliphatic carbocycles. The molecule has 4 heteroatoms. The molecular formula is C14H26N2O2. The van der Waals surface area contributed by atoms with Crippen LogP contribution in [0.2, 0.25) is 0 Å². The van der Waals surface area contributed by atoms with Gasteiger partial charge in [-0.1, -0.05) is 25.3 Å². The largest absolute Gasteiger partial charge is 0.392 e. The molecule has 0 aromatic heterocycles. The van der Waals surface area contributed by atoms with Crippen molar-refractivity contribution in [1.82, 2.24) is 10.2 Å². The second-order valence-corrected chi connectivity index (χ2v) is 5.16. The lowest BCUT2D eigenvalue weighted by atomic mass is 9.94. The van der Waals surface area contributed by atoms with Crippen LogP contribution in [0.4, 0.5) is 0 Å². The molecule has 0 saturated heterocycles. The van der Waals surface area contributed by atoms with Gasteiger partial charge in [-0.05, 0) is 19.8 Å². The van der Waals surface area contributed by atoms with E-state index in [1.807, 2.05) is 0 Å². The maximum absolute atomic E-state index is 11.8. The number of amides is 1. The average molecular weight is 254 g/mol. The highest BCUT2D eigenvalue weighted by Crippen LogP contribution is 2.22. The predicted octanol–water partition coefficient (Wildman–Crippen LogP) is 1.30. The highest BCUT2D eigenvalue weighted by atomic mass is 16.3. The number of nitrogens with zero attached hydrogens (tertiary/aromatic N) is 1. The summed E-state index contributed by atoms with van der Waals surface area (Å²) in [5.74, 6) is 0.0149. The highest BCUT2D eigenvalue weighted by Gasteiger charge is 2.23. The normalized spacial score (nSPS) is 18.6. The molecule has 0 unspecified atom stereocenters. The fourth-order valence-electron chi connectivity index (χ4n) is 2.55. The summed E-state index contributed by atoms with van der Waals surface area (Å²) in [5.41, 5.74) is 0. The minimum Gasteiger partial charge on any atom is -0.392 e. The Morgan fingerprint density at radius 2 is 2.17 bits per heavy atom. The smallest absolute Gasteiger partial charge is 0.234 e. The number of aliphatic hydroxyl groups is 1. The molecule has 0 radical (unpaired) electrons. The zero-order valence-electron chi connectivity index (χ0n) is 11.4. The standard InChI is InChI=1S/C14H26N2O2/c1-3-9-15-14(18)11-16(10-12(2)17)13-7-5-4-6-8-13/h3,12-13,17H,1,4-11H2,2H3,(H,15,18)/t12-/m0/s1. The molecular weight excluding hydrogens is 228 g/mol. The maximum atomic E-state index is 11.8. The van der Waals surface area contributed by atoms with Crippen LogP contribution in [0.5, 0.6) is 0 Å². The molecule has 2 N–H and O–H groups in total. The Labute approximate surface area is 110 Å². The minimum atomic E-state index is -0.390. The minimum absolute atomic E-state index is 0.0149. The fourth-order valence-corrected chi connectivity index (χ4v) is 2.55. The molecule has 0 heterocycles. The molecule has 4 nitrogen and oxygen atoms in total. The lowest BCUT2D eigenvalue weighted by Crippen LogP contribution is -2.46. The summed E-state index contributed by atoms with van der Waals surface area (Å²) in [6.07, 6.45) is 7.33. The van der Waals surface area contributed by atoms with Gasteiger partial charge in [0.25, 0.3) is 0 Å². The molecule has 0 aliphatic heterocycles. The first kappa shape index (κ1) is 15.2. The average Bonchev–Trinajstić information content (AvgIpc) is 2.36. The second-order valence-electron chi connectivity index (χ2n) is 5.16. The van der Waals surface area contributed by atoms with Crippen molar-refractivity contribution in [2.45, 2.75) is 51.2 Å². The molecule has 1 aliphatic rings. The molecule has 0 aromatic rings. The van der Waals surface area contributed by atoms with Crippen LogP contribution in [-0.4, -0.2) is 47.7 Å². The van der Waals surface area contributed by atoms with Crippen molar-refractivity contribution in [1.29, 1.82) is 0 Å². The number of rotatable bonds is 7. The third kappa shape index (κ3) is 5.65. The zero-order valence-corrected chi connectivity index (χ0v) is 11.4. The molecule has 1 rings (SSSR count). The summed E-state index contributed by atoms with van der Waals surface area (Å²) >= 11 is 0. The van der Waals surface area contributed by atoms with Crippen molar-refractivity contribution in [2.75, 3.05) is 19.6 Å². The van der Waals surface area contributed by atoms with Crippen LogP contribution in [0, 0.1) is 0 Å². The summed E-state index contributed by atoms with van der Waals surface area (Å²) in [4.78, 5) is 13.9. The van der Waals surface area contributed by atoms with Crippen molar-refractivity contribution in [3.8, 4) is 0 Å². The van der Waals surface area contributed by atoms with E-state index in [1.165, 1.54) is 19.3 Å². The number of nitrogens with one attached hydrogen (secondary N) is 1. The summed E-state index contributed by atoms with van der Waals surface area (Å²) < 4.78 is 0. The van der Waals surface area contributed by atoms with Gasteiger partial charge in [0.05, 0.1) is 12.6 Å². The summed E-state index contributed by atoms with van der Waals surface area (Å²) in [6.45, 7) is 6.82. The Morgan fingerprint density at radius 3 is 2.72 bits per heavy atom. The van der Waals surface area contributed by atoms with E-state index in [2.05, 4.69) is 16.8 Å². The van der Waals surface area contributed by atoms with E-state index < -0.39 is 0 Å². The van der Waals surface area contributed by atoms with E-state index in [9.17, 15) is 9.90 Å². The molecule has 1 atom stereocenters. The van der Waals surface area contributed by atoms with E-state index in [0.717, 1.165) is 12.8 Å². The molecule has 0 spiro atoms. The van der Waals surface area contributed by atoms with E-state index >= 15 is 0 Å². The quantitative estimate of drug-likeness (QED) is 0.673. The van der Waals surface area contributed by atoms with Gasteiger partial charge in [-0.3, -0.25) is 9.69 Å². The first-order valence-electron chi connectivity index (χ1n) is 6.93. The van der Waals surface area contributed by atoms with Gasteiger partial charge >= 0.3 is 0 Å². The summed E-state index contributed by atoms with van der Waals surface area (Å²) in [7, 11) is 0.